The Bertz CT molecular complexity index is 627. The molecule has 2 aromatic rings. The average molecular weight is 284 g/mol. The maximum Gasteiger partial charge on any atom is 0.153 e. The summed E-state index contributed by atoms with van der Waals surface area (Å²) in [4.78, 5) is 11.1. The van der Waals surface area contributed by atoms with Gasteiger partial charge in [0.25, 0.3) is 0 Å². The highest BCUT2D eigenvalue weighted by atomic mass is 16.5. The summed E-state index contributed by atoms with van der Waals surface area (Å²) in [6.45, 7) is 2.35. The number of hydrogen-bond donors (Lipinski definition) is 0. The maximum absolute atomic E-state index is 11.1. The van der Waals surface area contributed by atoms with Crippen molar-refractivity contribution in [2.75, 3.05) is 0 Å². The molecule has 0 radical (unpaired) electrons. The summed E-state index contributed by atoms with van der Waals surface area (Å²) in [7, 11) is 0. The number of aryl methyl sites for hydroxylation is 1. The minimum absolute atomic E-state index is 0.392. The molecule has 21 heavy (non-hydrogen) atoms. The first-order valence-electron chi connectivity index (χ1n) is 7.49. The Balaban J connectivity index is 1.66. The maximum atomic E-state index is 11.1. The monoisotopic (exact) mass is 284 g/mol. The lowest BCUT2D eigenvalue weighted by Gasteiger charge is -2.10. The molecule has 1 aromatic carbocycles. The van der Waals surface area contributed by atoms with Crippen LogP contribution in [0.1, 0.15) is 53.3 Å². The highest BCUT2D eigenvalue weighted by Gasteiger charge is 2.17. The normalized spacial score (nSPS) is 15.3. The largest absolute Gasteiger partial charge is 0.486 e. The van der Waals surface area contributed by atoms with Gasteiger partial charge >= 0.3 is 0 Å². The van der Waals surface area contributed by atoms with Crippen LogP contribution in [-0.2, 0) is 6.61 Å². The lowest BCUT2D eigenvalue weighted by Crippen LogP contribution is -2.06. The van der Waals surface area contributed by atoms with Crippen molar-refractivity contribution >= 4 is 6.29 Å². The molecule has 0 aliphatic heterocycles. The first kappa shape index (κ1) is 13.9. The zero-order chi connectivity index (χ0) is 14.7. The van der Waals surface area contributed by atoms with E-state index in [1.165, 1.54) is 25.7 Å². The van der Waals surface area contributed by atoms with E-state index in [0.717, 1.165) is 17.5 Å². The number of nitrogens with zero attached hydrogens (tertiary/aromatic N) is 2. The van der Waals surface area contributed by atoms with Crippen LogP contribution in [0.15, 0.2) is 30.5 Å². The molecule has 0 atom stereocenters. The van der Waals surface area contributed by atoms with E-state index in [1.807, 2.05) is 37.4 Å². The standard InChI is InChI=1S/C17H20N2O2/c1-13-6-7-17(14(10-13)11-20)21-12-15-8-9-19(18-15)16-4-2-3-5-16/h6-11,16H,2-5,12H2,1H3. The molecule has 0 amide bonds. The highest BCUT2D eigenvalue weighted by Crippen LogP contribution is 2.28. The van der Waals surface area contributed by atoms with Crippen molar-refractivity contribution in [3.63, 3.8) is 0 Å². The van der Waals surface area contributed by atoms with Crippen molar-refractivity contribution in [3.05, 3.63) is 47.3 Å². The molecular weight excluding hydrogens is 264 g/mol. The van der Waals surface area contributed by atoms with Crippen molar-refractivity contribution < 1.29 is 9.53 Å². The van der Waals surface area contributed by atoms with Crippen molar-refractivity contribution in [2.24, 2.45) is 0 Å². The van der Waals surface area contributed by atoms with Crippen molar-refractivity contribution in [1.29, 1.82) is 0 Å². The summed E-state index contributed by atoms with van der Waals surface area (Å²) in [6.07, 6.45) is 7.89. The van der Waals surface area contributed by atoms with Crippen molar-refractivity contribution in [1.82, 2.24) is 9.78 Å². The van der Waals surface area contributed by atoms with E-state index in [-0.39, 0.29) is 0 Å². The molecular formula is C17H20N2O2. The molecule has 4 heteroatoms. The first-order chi connectivity index (χ1) is 10.3. The van der Waals surface area contributed by atoms with E-state index in [2.05, 4.69) is 9.78 Å². The SMILES string of the molecule is Cc1ccc(OCc2ccn(C3CCCC3)n2)c(C=O)c1. The van der Waals surface area contributed by atoms with Gasteiger partial charge in [-0.1, -0.05) is 24.5 Å². The Kier molecular flexibility index (Phi) is 4.04. The number of hydrogen-bond acceptors (Lipinski definition) is 3. The van der Waals surface area contributed by atoms with Gasteiger partial charge in [0.2, 0.25) is 0 Å². The predicted molar refractivity (Wildman–Crippen MR) is 80.6 cm³/mol. The molecule has 0 saturated heterocycles. The molecule has 1 fully saturated rings. The van der Waals surface area contributed by atoms with Crippen LogP contribution in [0.3, 0.4) is 0 Å². The van der Waals surface area contributed by atoms with Gasteiger partial charge in [-0.05, 0) is 38.0 Å². The topological polar surface area (TPSA) is 44.1 Å². The lowest BCUT2D eigenvalue weighted by atomic mass is 10.1. The van der Waals surface area contributed by atoms with E-state index in [9.17, 15) is 4.79 Å². The fourth-order valence-corrected chi connectivity index (χ4v) is 2.87. The molecule has 0 N–H and O–H groups in total. The average Bonchev–Trinajstić information content (AvgIpc) is 3.16. The van der Waals surface area contributed by atoms with Gasteiger partial charge in [-0.2, -0.15) is 5.10 Å². The third-order valence-electron chi connectivity index (χ3n) is 4.03. The third kappa shape index (κ3) is 3.15. The molecule has 0 spiro atoms. The van der Waals surface area contributed by atoms with Crippen LogP contribution in [0.4, 0.5) is 0 Å². The Labute approximate surface area is 124 Å². The van der Waals surface area contributed by atoms with Crippen LogP contribution in [0.2, 0.25) is 0 Å². The van der Waals surface area contributed by atoms with Crippen molar-refractivity contribution in [2.45, 2.75) is 45.3 Å². The minimum Gasteiger partial charge on any atom is -0.486 e. The van der Waals surface area contributed by atoms with Gasteiger partial charge in [-0.3, -0.25) is 9.48 Å². The minimum atomic E-state index is 0.392. The zero-order valence-corrected chi connectivity index (χ0v) is 12.3. The Hall–Kier alpha value is -2.10. The molecule has 110 valence electrons. The number of ether oxygens (including phenoxy) is 1. The molecule has 0 unspecified atom stereocenters. The number of carbonyl (C=O) groups is 1. The Morgan fingerprint density at radius 2 is 2.14 bits per heavy atom. The van der Waals surface area contributed by atoms with Gasteiger partial charge < -0.3 is 4.74 Å². The number of aldehydes is 1. The fraction of sp³-hybridized carbons (Fsp3) is 0.412. The number of aromatic nitrogens is 2. The zero-order valence-electron chi connectivity index (χ0n) is 12.3. The molecule has 4 nitrogen and oxygen atoms in total. The van der Waals surface area contributed by atoms with Crippen LogP contribution >= 0.6 is 0 Å². The molecule has 1 heterocycles. The summed E-state index contributed by atoms with van der Waals surface area (Å²) in [5.41, 5.74) is 2.54. The van der Waals surface area contributed by atoms with Crippen LogP contribution < -0.4 is 4.74 Å². The van der Waals surface area contributed by atoms with Crippen molar-refractivity contribution in [3.8, 4) is 5.75 Å². The van der Waals surface area contributed by atoms with Crippen LogP contribution in [0.5, 0.6) is 5.75 Å². The summed E-state index contributed by atoms with van der Waals surface area (Å²) in [6, 6.07) is 8.16. The first-order valence-corrected chi connectivity index (χ1v) is 7.49. The van der Waals surface area contributed by atoms with E-state index >= 15 is 0 Å². The van der Waals surface area contributed by atoms with Gasteiger partial charge in [0.05, 0.1) is 17.3 Å². The van der Waals surface area contributed by atoms with Gasteiger partial charge in [0.15, 0.2) is 6.29 Å². The molecule has 0 bridgehead atoms. The summed E-state index contributed by atoms with van der Waals surface area (Å²) >= 11 is 0. The number of benzene rings is 1. The van der Waals surface area contributed by atoms with Crippen LogP contribution in [0, 0.1) is 6.92 Å². The third-order valence-corrected chi connectivity index (χ3v) is 4.03. The molecule has 1 aliphatic rings. The van der Waals surface area contributed by atoms with Gasteiger partial charge in [0.1, 0.15) is 12.4 Å². The second kappa shape index (κ2) is 6.12. The molecule has 1 saturated carbocycles. The van der Waals surface area contributed by atoms with Crippen LogP contribution in [0.25, 0.3) is 0 Å². The predicted octanol–water partition coefficient (Wildman–Crippen LogP) is 3.70. The second-order valence-electron chi connectivity index (χ2n) is 5.67. The van der Waals surface area contributed by atoms with Gasteiger partial charge in [0, 0.05) is 6.20 Å². The van der Waals surface area contributed by atoms with E-state index in [0.29, 0.717) is 24.0 Å². The molecule has 1 aliphatic carbocycles. The fourth-order valence-electron chi connectivity index (χ4n) is 2.87. The van der Waals surface area contributed by atoms with E-state index < -0.39 is 0 Å². The molecule has 3 rings (SSSR count). The Morgan fingerprint density at radius 1 is 1.33 bits per heavy atom. The van der Waals surface area contributed by atoms with Gasteiger partial charge in [-0.15, -0.1) is 0 Å². The summed E-state index contributed by atoms with van der Waals surface area (Å²) < 4.78 is 7.79. The highest BCUT2D eigenvalue weighted by molar-refractivity contribution is 5.79. The van der Waals surface area contributed by atoms with Crippen LogP contribution in [-0.4, -0.2) is 16.1 Å². The number of rotatable bonds is 5. The summed E-state index contributed by atoms with van der Waals surface area (Å²) in [5, 5.41) is 4.58. The smallest absolute Gasteiger partial charge is 0.153 e. The van der Waals surface area contributed by atoms with E-state index in [4.69, 9.17) is 4.74 Å². The number of carbonyl (C=O) groups excluding carboxylic acids is 1. The lowest BCUT2D eigenvalue weighted by molar-refractivity contribution is 0.111. The Morgan fingerprint density at radius 3 is 2.90 bits per heavy atom. The van der Waals surface area contributed by atoms with Gasteiger partial charge in [-0.25, -0.2) is 0 Å². The van der Waals surface area contributed by atoms with E-state index in [1.54, 1.807) is 0 Å². The summed E-state index contributed by atoms with van der Waals surface area (Å²) in [5.74, 6) is 0.617. The quantitative estimate of drug-likeness (QED) is 0.786. The molecule has 1 aromatic heterocycles. The second-order valence-corrected chi connectivity index (χ2v) is 5.67.